The number of aliphatic hydroxyl groups is 1. The monoisotopic (exact) mass is 543 g/mol. The number of hydrogen-bond acceptors (Lipinski definition) is 3. The molecule has 0 aromatic heterocycles. The van der Waals surface area contributed by atoms with Crippen LogP contribution in [0, 0.1) is 0 Å². The first-order valence-corrected chi connectivity index (χ1v) is 9.77. The Morgan fingerprint density at radius 2 is 1.81 bits per heavy atom. The van der Waals surface area contributed by atoms with Crippen LogP contribution >= 0.6 is 47.8 Å². The highest BCUT2D eigenvalue weighted by Crippen LogP contribution is 2.36. The van der Waals surface area contributed by atoms with Crippen molar-refractivity contribution in [2.75, 3.05) is 10.6 Å². The van der Waals surface area contributed by atoms with Crippen molar-refractivity contribution in [3.63, 3.8) is 0 Å². The molecule has 26 heavy (non-hydrogen) atoms. The molecule has 3 rings (SSSR count). The first kappa shape index (κ1) is 18.9. The summed E-state index contributed by atoms with van der Waals surface area (Å²) in [6.07, 6.45) is 1.30. The molecular weight excluding hydrogens is 534 g/mol. The quantitative estimate of drug-likeness (QED) is 0.390. The van der Waals surface area contributed by atoms with E-state index in [1.165, 1.54) is 6.08 Å². The number of amides is 3. The Balaban J connectivity index is 1.84. The predicted octanol–water partition coefficient (Wildman–Crippen LogP) is 5.23. The van der Waals surface area contributed by atoms with Crippen LogP contribution in [0.3, 0.4) is 0 Å². The number of rotatable bonds is 2. The van der Waals surface area contributed by atoms with E-state index < -0.39 is 23.7 Å². The van der Waals surface area contributed by atoms with E-state index in [4.69, 9.17) is 0 Å². The zero-order chi connectivity index (χ0) is 18.8. The standard InChI is InChI=1S/C17H12Br3N3O3/c18-9-5-6-11(15(20)14(9)19)22-17(26)23-12-7-13(24)16(25)21-10-4-2-1-3-8(10)12/h1-7,12,24H,(H,21,25)(H2,22,23,26). The molecule has 0 aliphatic carbocycles. The van der Waals surface area contributed by atoms with Crippen molar-refractivity contribution in [2.24, 2.45) is 0 Å². The molecule has 1 aliphatic rings. The summed E-state index contributed by atoms with van der Waals surface area (Å²) >= 11 is 10.2. The second-order valence-electron chi connectivity index (χ2n) is 5.39. The Kier molecular flexibility index (Phi) is 5.69. The summed E-state index contributed by atoms with van der Waals surface area (Å²) in [7, 11) is 0. The minimum absolute atomic E-state index is 0.459. The fourth-order valence-electron chi connectivity index (χ4n) is 2.43. The normalized spacial score (nSPS) is 16.0. The number of nitrogens with one attached hydrogen (secondary N) is 3. The Bertz CT molecular complexity index is 931. The molecule has 0 fully saturated rings. The van der Waals surface area contributed by atoms with Crippen LogP contribution in [0.25, 0.3) is 0 Å². The van der Waals surface area contributed by atoms with E-state index in [2.05, 4.69) is 63.7 Å². The van der Waals surface area contributed by atoms with Crippen molar-refractivity contribution in [2.45, 2.75) is 6.04 Å². The zero-order valence-electron chi connectivity index (χ0n) is 13.0. The molecule has 1 aliphatic heterocycles. The molecule has 6 nitrogen and oxygen atoms in total. The van der Waals surface area contributed by atoms with Gasteiger partial charge in [0.1, 0.15) is 0 Å². The summed E-state index contributed by atoms with van der Waals surface area (Å²) in [4.78, 5) is 24.3. The number of anilines is 2. The third kappa shape index (κ3) is 3.94. The lowest BCUT2D eigenvalue weighted by Crippen LogP contribution is -2.32. The number of para-hydroxylation sites is 1. The molecule has 0 bridgehead atoms. The van der Waals surface area contributed by atoms with Crippen LogP contribution in [0.15, 0.2) is 61.7 Å². The molecule has 3 amide bonds. The molecule has 134 valence electrons. The predicted molar refractivity (Wildman–Crippen MR) is 110 cm³/mol. The number of aliphatic hydroxyl groups excluding tert-OH is 1. The van der Waals surface area contributed by atoms with Crippen LogP contribution in [-0.4, -0.2) is 17.0 Å². The Morgan fingerprint density at radius 3 is 2.58 bits per heavy atom. The van der Waals surface area contributed by atoms with E-state index >= 15 is 0 Å². The fraction of sp³-hybridized carbons (Fsp3) is 0.0588. The minimum atomic E-state index is -0.678. The largest absolute Gasteiger partial charge is 0.503 e. The highest BCUT2D eigenvalue weighted by molar-refractivity contribution is 9.14. The van der Waals surface area contributed by atoms with Gasteiger partial charge in [0.15, 0.2) is 5.76 Å². The number of carbonyl (C=O) groups is 2. The van der Waals surface area contributed by atoms with Crippen molar-refractivity contribution < 1.29 is 14.7 Å². The van der Waals surface area contributed by atoms with Gasteiger partial charge < -0.3 is 21.1 Å². The molecule has 0 saturated heterocycles. The van der Waals surface area contributed by atoms with Gasteiger partial charge in [-0.05, 0) is 72.1 Å². The Hall–Kier alpha value is -1.84. The molecule has 4 N–H and O–H groups in total. The number of fused-ring (bicyclic) bond motifs is 1. The minimum Gasteiger partial charge on any atom is -0.503 e. The average Bonchev–Trinajstić information content (AvgIpc) is 2.72. The van der Waals surface area contributed by atoms with Crippen LogP contribution < -0.4 is 16.0 Å². The lowest BCUT2D eigenvalue weighted by atomic mass is 10.1. The van der Waals surface area contributed by atoms with Crippen LogP contribution in [-0.2, 0) is 4.79 Å². The second kappa shape index (κ2) is 7.81. The van der Waals surface area contributed by atoms with Gasteiger partial charge in [-0.3, -0.25) is 4.79 Å². The van der Waals surface area contributed by atoms with Crippen molar-refractivity contribution in [1.82, 2.24) is 5.32 Å². The van der Waals surface area contributed by atoms with E-state index in [0.717, 1.165) is 8.95 Å². The van der Waals surface area contributed by atoms with Gasteiger partial charge in [0.05, 0.1) is 16.2 Å². The SMILES string of the molecule is O=C(Nc1ccc(Br)c(Br)c1Br)NC1C=C(O)C(=O)Nc2ccccc21. The smallest absolute Gasteiger partial charge is 0.320 e. The Morgan fingerprint density at radius 1 is 1.08 bits per heavy atom. The number of hydrogen-bond donors (Lipinski definition) is 4. The molecule has 9 heteroatoms. The molecule has 0 saturated carbocycles. The van der Waals surface area contributed by atoms with Gasteiger partial charge in [-0.15, -0.1) is 0 Å². The van der Waals surface area contributed by atoms with Gasteiger partial charge in [0.2, 0.25) is 0 Å². The summed E-state index contributed by atoms with van der Waals surface area (Å²) in [5, 5.41) is 18.0. The molecule has 0 spiro atoms. The lowest BCUT2D eigenvalue weighted by Gasteiger charge is -2.18. The summed E-state index contributed by atoms with van der Waals surface area (Å²) in [6.45, 7) is 0. The number of urea groups is 1. The van der Waals surface area contributed by atoms with E-state index in [1.54, 1.807) is 36.4 Å². The topological polar surface area (TPSA) is 90.5 Å². The van der Waals surface area contributed by atoms with Crippen molar-refractivity contribution >= 4 is 71.1 Å². The lowest BCUT2D eigenvalue weighted by molar-refractivity contribution is -0.115. The van der Waals surface area contributed by atoms with Crippen molar-refractivity contribution in [3.05, 3.63) is 67.2 Å². The van der Waals surface area contributed by atoms with Gasteiger partial charge in [0, 0.05) is 20.2 Å². The maximum Gasteiger partial charge on any atom is 0.320 e. The third-order valence-electron chi connectivity index (χ3n) is 3.67. The number of carbonyl (C=O) groups excluding carboxylic acids is 2. The molecule has 1 heterocycles. The van der Waals surface area contributed by atoms with E-state index in [-0.39, 0.29) is 0 Å². The maximum absolute atomic E-state index is 12.5. The van der Waals surface area contributed by atoms with Crippen LogP contribution in [0.2, 0.25) is 0 Å². The highest BCUT2D eigenvalue weighted by Gasteiger charge is 2.24. The van der Waals surface area contributed by atoms with E-state index in [1.807, 2.05) is 0 Å². The molecular formula is C17H12Br3N3O3. The van der Waals surface area contributed by atoms with E-state index in [9.17, 15) is 14.7 Å². The molecule has 1 atom stereocenters. The van der Waals surface area contributed by atoms with Gasteiger partial charge in [-0.2, -0.15) is 0 Å². The number of halogens is 3. The van der Waals surface area contributed by atoms with Crippen molar-refractivity contribution in [3.8, 4) is 0 Å². The number of benzene rings is 2. The van der Waals surface area contributed by atoms with E-state index in [0.29, 0.717) is 21.4 Å². The van der Waals surface area contributed by atoms with Gasteiger partial charge in [0.25, 0.3) is 5.91 Å². The summed E-state index contributed by atoms with van der Waals surface area (Å²) in [6, 6.07) is 9.38. The van der Waals surface area contributed by atoms with Crippen LogP contribution in [0.5, 0.6) is 0 Å². The van der Waals surface area contributed by atoms with Crippen molar-refractivity contribution in [1.29, 1.82) is 0 Å². The van der Waals surface area contributed by atoms with Gasteiger partial charge in [-0.25, -0.2) is 4.79 Å². The summed E-state index contributed by atoms with van der Waals surface area (Å²) < 4.78 is 2.28. The first-order valence-electron chi connectivity index (χ1n) is 7.39. The zero-order valence-corrected chi connectivity index (χ0v) is 17.8. The third-order valence-corrected chi connectivity index (χ3v) is 7.04. The maximum atomic E-state index is 12.5. The average molecular weight is 546 g/mol. The molecule has 0 radical (unpaired) electrons. The summed E-state index contributed by atoms with van der Waals surface area (Å²) in [5.41, 5.74) is 1.74. The first-order chi connectivity index (χ1) is 12.4. The highest BCUT2D eigenvalue weighted by atomic mass is 79.9. The Labute approximate surface area is 174 Å². The molecule has 2 aromatic carbocycles. The van der Waals surface area contributed by atoms with Crippen LogP contribution in [0.1, 0.15) is 11.6 Å². The second-order valence-corrected chi connectivity index (χ2v) is 7.83. The van der Waals surface area contributed by atoms with Gasteiger partial charge >= 0.3 is 6.03 Å². The molecule has 2 aromatic rings. The molecule has 1 unspecified atom stereocenters. The fourth-order valence-corrected chi connectivity index (χ4v) is 3.82. The summed E-state index contributed by atoms with van der Waals surface area (Å²) in [5.74, 6) is -1.08. The van der Waals surface area contributed by atoms with Gasteiger partial charge in [-0.1, -0.05) is 18.2 Å². The van der Waals surface area contributed by atoms with Crippen LogP contribution in [0.4, 0.5) is 16.2 Å².